The molecule has 2 fully saturated rings. The first kappa shape index (κ1) is 17.8. The molecule has 1 aliphatic heterocycles. The third-order valence-electron chi connectivity index (χ3n) is 5.18. The van der Waals surface area contributed by atoms with Crippen molar-refractivity contribution in [1.29, 1.82) is 0 Å². The second-order valence-electron chi connectivity index (χ2n) is 6.99. The van der Waals surface area contributed by atoms with Crippen LogP contribution in [0.1, 0.15) is 31.2 Å². The Hall–Kier alpha value is -1.04. The molecule has 0 bridgehead atoms. The maximum absolute atomic E-state index is 11.7. The molecular weight excluding hydrogens is 318 g/mol. The van der Waals surface area contributed by atoms with Crippen molar-refractivity contribution in [2.24, 2.45) is 0 Å². The second kappa shape index (κ2) is 8.88. The highest BCUT2D eigenvalue weighted by molar-refractivity contribution is 7.99. The molecule has 4 nitrogen and oxygen atoms in total. The largest absolute Gasteiger partial charge is 0.351 e. The van der Waals surface area contributed by atoms with E-state index in [2.05, 4.69) is 45.9 Å². The van der Waals surface area contributed by atoms with E-state index in [0.717, 1.165) is 26.1 Å². The number of rotatable bonds is 7. The Kier molecular flexibility index (Phi) is 6.58. The number of carbonyl (C=O) groups excluding carboxylic acids is 1. The van der Waals surface area contributed by atoms with Crippen molar-refractivity contribution in [2.45, 2.75) is 50.4 Å². The lowest BCUT2D eigenvalue weighted by Crippen LogP contribution is -2.60. The van der Waals surface area contributed by atoms with Crippen molar-refractivity contribution in [3.05, 3.63) is 35.9 Å². The number of piperidine rings is 1. The molecule has 1 aliphatic carbocycles. The lowest BCUT2D eigenvalue weighted by molar-refractivity contribution is -0.120. The predicted molar refractivity (Wildman–Crippen MR) is 101 cm³/mol. The molecule has 3 rings (SSSR count). The van der Waals surface area contributed by atoms with Crippen LogP contribution in [0.5, 0.6) is 0 Å². The van der Waals surface area contributed by atoms with E-state index in [1.807, 2.05) is 6.26 Å². The molecule has 1 aromatic carbocycles. The fourth-order valence-corrected chi connectivity index (χ4v) is 4.00. The van der Waals surface area contributed by atoms with Crippen LogP contribution in [0.15, 0.2) is 30.3 Å². The van der Waals surface area contributed by atoms with E-state index in [0.29, 0.717) is 23.9 Å². The Balaban J connectivity index is 1.37. The van der Waals surface area contributed by atoms with Crippen LogP contribution in [0.25, 0.3) is 0 Å². The third-order valence-corrected chi connectivity index (χ3v) is 5.73. The molecule has 0 radical (unpaired) electrons. The molecule has 132 valence electrons. The predicted octanol–water partition coefficient (Wildman–Crippen LogP) is 2.25. The van der Waals surface area contributed by atoms with E-state index < -0.39 is 0 Å². The molecule has 2 aliphatic rings. The minimum absolute atomic E-state index is 0.177. The van der Waals surface area contributed by atoms with Gasteiger partial charge in [-0.25, -0.2) is 0 Å². The highest BCUT2D eigenvalue weighted by Crippen LogP contribution is 2.23. The lowest BCUT2D eigenvalue weighted by atomic mass is 9.85. The van der Waals surface area contributed by atoms with Gasteiger partial charge in [-0.2, -0.15) is 11.8 Å². The van der Waals surface area contributed by atoms with Crippen molar-refractivity contribution < 1.29 is 4.79 Å². The maximum atomic E-state index is 11.7. The second-order valence-corrected chi connectivity index (χ2v) is 7.86. The summed E-state index contributed by atoms with van der Waals surface area (Å²) in [5.74, 6) is 0.748. The van der Waals surface area contributed by atoms with Crippen LogP contribution in [0, 0.1) is 0 Å². The van der Waals surface area contributed by atoms with E-state index in [1.54, 1.807) is 11.8 Å². The molecule has 2 atom stereocenters. The number of carbonyl (C=O) groups is 1. The van der Waals surface area contributed by atoms with Crippen molar-refractivity contribution in [3.8, 4) is 0 Å². The summed E-state index contributed by atoms with van der Waals surface area (Å²) in [6.07, 6.45) is 6.68. The molecule has 0 spiro atoms. The van der Waals surface area contributed by atoms with Crippen molar-refractivity contribution in [2.75, 3.05) is 25.1 Å². The standard InChI is InChI=1S/C19H29N3OS/c1-24-14-19(23)21-18-8-7-17(18)20-16-9-11-22(12-10-16)13-15-5-3-2-4-6-15/h2-6,16-18,20H,7-14H2,1H3,(H,21,23)/t17-,18+/m1/s1. The zero-order valence-corrected chi connectivity index (χ0v) is 15.4. The Bertz CT molecular complexity index is 517. The molecule has 1 saturated heterocycles. The summed E-state index contributed by atoms with van der Waals surface area (Å²) in [5, 5.41) is 6.95. The van der Waals surface area contributed by atoms with E-state index >= 15 is 0 Å². The van der Waals surface area contributed by atoms with Gasteiger partial charge >= 0.3 is 0 Å². The molecular formula is C19H29N3OS. The summed E-state index contributed by atoms with van der Waals surface area (Å²) < 4.78 is 0. The van der Waals surface area contributed by atoms with E-state index in [9.17, 15) is 4.79 Å². The van der Waals surface area contributed by atoms with Gasteiger partial charge in [0.15, 0.2) is 0 Å². The zero-order valence-electron chi connectivity index (χ0n) is 14.5. The first-order chi connectivity index (χ1) is 11.7. The molecule has 1 heterocycles. The van der Waals surface area contributed by atoms with Gasteiger partial charge in [0.2, 0.25) is 5.91 Å². The summed E-state index contributed by atoms with van der Waals surface area (Å²) in [6, 6.07) is 12.1. The van der Waals surface area contributed by atoms with Gasteiger partial charge in [0.05, 0.1) is 5.75 Å². The average molecular weight is 348 g/mol. The summed E-state index contributed by atoms with van der Waals surface area (Å²) in [5.41, 5.74) is 1.40. The van der Waals surface area contributed by atoms with E-state index in [-0.39, 0.29) is 5.91 Å². The first-order valence-corrected chi connectivity index (χ1v) is 10.4. The Labute approximate surface area is 149 Å². The highest BCUT2D eigenvalue weighted by atomic mass is 32.2. The molecule has 0 aromatic heterocycles. The number of nitrogens with one attached hydrogen (secondary N) is 2. The smallest absolute Gasteiger partial charge is 0.230 e. The summed E-state index contributed by atoms with van der Waals surface area (Å²) in [6.45, 7) is 3.37. The molecule has 24 heavy (non-hydrogen) atoms. The van der Waals surface area contributed by atoms with E-state index in [1.165, 1.54) is 24.8 Å². The van der Waals surface area contributed by atoms with Gasteiger partial charge in [0, 0.05) is 24.7 Å². The van der Waals surface area contributed by atoms with Gasteiger partial charge < -0.3 is 10.6 Å². The summed E-state index contributed by atoms with van der Waals surface area (Å²) >= 11 is 1.59. The van der Waals surface area contributed by atoms with Gasteiger partial charge in [0.1, 0.15) is 0 Å². The maximum Gasteiger partial charge on any atom is 0.230 e. The monoisotopic (exact) mass is 347 g/mol. The van der Waals surface area contributed by atoms with Crippen molar-refractivity contribution in [1.82, 2.24) is 15.5 Å². The summed E-state index contributed by atoms with van der Waals surface area (Å²) in [4.78, 5) is 14.3. The van der Waals surface area contributed by atoms with Crippen LogP contribution >= 0.6 is 11.8 Å². The number of benzene rings is 1. The van der Waals surface area contributed by atoms with Gasteiger partial charge in [-0.05, 0) is 50.6 Å². The summed E-state index contributed by atoms with van der Waals surface area (Å²) in [7, 11) is 0. The van der Waals surface area contributed by atoms with Crippen molar-refractivity contribution in [3.63, 3.8) is 0 Å². The van der Waals surface area contributed by atoms with Gasteiger partial charge in [-0.15, -0.1) is 0 Å². The van der Waals surface area contributed by atoms with Crippen molar-refractivity contribution >= 4 is 17.7 Å². The molecule has 1 saturated carbocycles. The molecule has 2 N–H and O–H groups in total. The van der Waals surface area contributed by atoms with Crippen LogP contribution in [0.2, 0.25) is 0 Å². The lowest BCUT2D eigenvalue weighted by Gasteiger charge is -2.42. The minimum Gasteiger partial charge on any atom is -0.351 e. The number of hydrogen-bond donors (Lipinski definition) is 2. The van der Waals surface area contributed by atoms with E-state index in [4.69, 9.17) is 0 Å². The van der Waals surface area contributed by atoms with Crippen LogP contribution < -0.4 is 10.6 Å². The number of likely N-dealkylation sites (tertiary alicyclic amines) is 1. The number of nitrogens with zero attached hydrogens (tertiary/aromatic N) is 1. The van der Waals surface area contributed by atoms with Crippen LogP contribution in [-0.2, 0) is 11.3 Å². The molecule has 1 amide bonds. The van der Waals surface area contributed by atoms with Gasteiger partial charge in [0.25, 0.3) is 0 Å². The SMILES string of the molecule is CSCC(=O)N[C@H]1CC[C@H]1NC1CCN(Cc2ccccc2)CC1. The normalized spacial score (nSPS) is 25.2. The molecule has 5 heteroatoms. The molecule has 0 unspecified atom stereocenters. The first-order valence-electron chi connectivity index (χ1n) is 9.05. The number of thioether (sulfide) groups is 1. The average Bonchev–Trinajstić information content (AvgIpc) is 2.59. The topological polar surface area (TPSA) is 44.4 Å². The van der Waals surface area contributed by atoms with Crippen LogP contribution in [-0.4, -0.2) is 54.0 Å². The Morgan fingerprint density at radius 3 is 2.46 bits per heavy atom. The zero-order chi connectivity index (χ0) is 16.8. The highest BCUT2D eigenvalue weighted by Gasteiger charge is 2.34. The fraction of sp³-hybridized carbons (Fsp3) is 0.632. The number of amides is 1. The third kappa shape index (κ3) is 4.98. The quantitative estimate of drug-likeness (QED) is 0.794. The van der Waals surface area contributed by atoms with Crippen LogP contribution in [0.3, 0.4) is 0 Å². The minimum atomic E-state index is 0.177. The number of hydrogen-bond acceptors (Lipinski definition) is 4. The van der Waals surface area contributed by atoms with Gasteiger partial charge in [-0.3, -0.25) is 9.69 Å². The fourth-order valence-electron chi connectivity index (χ4n) is 3.65. The Morgan fingerprint density at radius 2 is 1.83 bits per heavy atom. The van der Waals surface area contributed by atoms with Crippen LogP contribution in [0.4, 0.5) is 0 Å². The molecule has 1 aromatic rings. The van der Waals surface area contributed by atoms with Gasteiger partial charge in [-0.1, -0.05) is 30.3 Å². The Morgan fingerprint density at radius 1 is 1.12 bits per heavy atom.